The predicted octanol–water partition coefficient (Wildman–Crippen LogP) is 2.89. The number of carbonyl (C=O) groups is 1. The molecule has 110 valence electrons. The van der Waals surface area contributed by atoms with Crippen molar-refractivity contribution in [2.75, 3.05) is 17.2 Å². The van der Waals surface area contributed by atoms with Crippen LogP contribution < -0.4 is 10.6 Å². The Morgan fingerprint density at radius 2 is 1.81 bits per heavy atom. The Morgan fingerprint density at radius 3 is 2.43 bits per heavy atom. The molecule has 0 radical (unpaired) electrons. The minimum absolute atomic E-state index is 0.00945. The quantitative estimate of drug-likeness (QED) is 0.802. The Kier molecular flexibility index (Phi) is 4.77. The fourth-order valence-corrected chi connectivity index (χ4v) is 2.10. The lowest BCUT2D eigenvalue weighted by atomic mass is 10.1. The number of hydrogen-bond acceptors (Lipinski definition) is 3. The van der Waals surface area contributed by atoms with Gasteiger partial charge in [0.2, 0.25) is 0 Å². The molecule has 0 aliphatic rings. The number of halogens is 1. The minimum atomic E-state index is -0.867. The van der Waals surface area contributed by atoms with Crippen molar-refractivity contribution in [3.63, 3.8) is 0 Å². The highest BCUT2D eigenvalue weighted by molar-refractivity contribution is 5.70. The average molecular weight is 288 g/mol. The first kappa shape index (κ1) is 14.8. The number of carboxylic acid groups (broad SMARTS) is 1. The first-order chi connectivity index (χ1) is 10.1. The molecule has 0 unspecified atom stereocenters. The molecule has 0 spiro atoms. The van der Waals surface area contributed by atoms with Crippen LogP contribution in [0.5, 0.6) is 0 Å². The Bertz CT molecular complexity index is 614. The molecule has 2 rings (SSSR count). The molecule has 0 fully saturated rings. The van der Waals surface area contributed by atoms with Crippen molar-refractivity contribution in [1.29, 1.82) is 0 Å². The highest BCUT2D eigenvalue weighted by Crippen LogP contribution is 2.24. The van der Waals surface area contributed by atoms with Gasteiger partial charge >= 0.3 is 5.97 Å². The number of hydrogen-bond donors (Lipinski definition) is 2. The second-order valence-corrected chi connectivity index (χ2v) is 4.75. The van der Waals surface area contributed by atoms with E-state index in [4.69, 9.17) is 10.8 Å². The standard InChI is InChI=1S/C16H17FN2O2/c17-13-7-5-12(6-8-13)11-19(10-9-16(20)21)15-4-2-1-3-14(15)18/h1-8H,9-11,18H2,(H,20,21). The van der Waals surface area contributed by atoms with Crippen LogP contribution in [0.4, 0.5) is 15.8 Å². The molecule has 0 saturated heterocycles. The van der Waals surface area contributed by atoms with Crippen LogP contribution in [0, 0.1) is 5.82 Å². The van der Waals surface area contributed by atoms with Crippen LogP contribution in [-0.2, 0) is 11.3 Å². The summed E-state index contributed by atoms with van der Waals surface area (Å²) in [5, 5.41) is 8.87. The molecule has 2 aromatic carbocycles. The SMILES string of the molecule is Nc1ccccc1N(CCC(=O)O)Cc1ccc(F)cc1. The highest BCUT2D eigenvalue weighted by Gasteiger charge is 2.12. The Hall–Kier alpha value is -2.56. The molecule has 0 aliphatic heterocycles. The molecule has 0 amide bonds. The van der Waals surface area contributed by atoms with Crippen molar-refractivity contribution in [3.05, 3.63) is 59.9 Å². The molecule has 2 aromatic rings. The molecule has 21 heavy (non-hydrogen) atoms. The number of benzene rings is 2. The summed E-state index contributed by atoms with van der Waals surface area (Å²) in [6.07, 6.45) is 0.00945. The summed E-state index contributed by atoms with van der Waals surface area (Å²) in [4.78, 5) is 12.7. The molecule has 0 heterocycles. The summed E-state index contributed by atoms with van der Waals surface area (Å²) in [7, 11) is 0. The molecule has 0 atom stereocenters. The number of aliphatic carboxylic acids is 1. The van der Waals surface area contributed by atoms with Gasteiger partial charge in [-0.3, -0.25) is 4.79 Å². The van der Waals surface area contributed by atoms with Crippen LogP contribution >= 0.6 is 0 Å². The molecule has 5 heteroatoms. The zero-order valence-corrected chi connectivity index (χ0v) is 11.5. The monoisotopic (exact) mass is 288 g/mol. The van der Waals surface area contributed by atoms with Crippen LogP contribution in [0.2, 0.25) is 0 Å². The summed E-state index contributed by atoms with van der Waals surface area (Å²) in [6, 6.07) is 13.4. The van der Waals surface area contributed by atoms with Gasteiger partial charge in [0.25, 0.3) is 0 Å². The van der Waals surface area contributed by atoms with Gasteiger partial charge in [-0.15, -0.1) is 0 Å². The third-order valence-corrected chi connectivity index (χ3v) is 3.16. The smallest absolute Gasteiger partial charge is 0.305 e. The van der Waals surface area contributed by atoms with Crippen LogP contribution in [0.25, 0.3) is 0 Å². The molecule has 0 aromatic heterocycles. The van der Waals surface area contributed by atoms with E-state index in [9.17, 15) is 9.18 Å². The number of carboxylic acids is 1. The molecular weight excluding hydrogens is 271 g/mol. The fraction of sp³-hybridized carbons (Fsp3) is 0.188. The highest BCUT2D eigenvalue weighted by atomic mass is 19.1. The van der Waals surface area contributed by atoms with Gasteiger partial charge in [-0.2, -0.15) is 0 Å². The zero-order valence-electron chi connectivity index (χ0n) is 11.5. The van der Waals surface area contributed by atoms with Gasteiger partial charge in [0.15, 0.2) is 0 Å². The van der Waals surface area contributed by atoms with Crippen molar-refractivity contribution in [2.24, 2.45) is 0 Å². The summed E-state index contributed by atoms with van der Waals surface area (Å²) < 4.78 is 13.0. The fourth-order valence-electron chi connectivity index (χ4n) is 2.10. The van der Waals surface area contributed by atoms with Crippen LogP contribution in [0.15, 0.2) is 48.5 Å². The Labute approximate surface area is 122 Å². The maximum atomic E-state index is 13.0. The van der Waals surface area contributed by atoms with Crippen LogP contribution in [-0.4, -0.2) is 17.6 Å². The van der Waals surface area contributed by atoms with Crippen molar-refractivity contribution in [1.82, 2.24) is 0 Å². The van der Waals surface area contributed by atoms with Gasteiger partial charge in [-0.25, -0.2) is 4.39 Å². The lowest BCUT2D eigenvalue weighted by Gasteiger charge is -2.25. The van der Waals surface area contributed by atoms with Crippen molar-refractivity contribution < 1.29 is 14.3 Å². The van der Waals surface area contributed by atoms with Gasteiger partial charge in [0, 0.05) is 13.1 Å². The molecule has 0 saturated carbocycles. The molecule has 0 aliphatic carbocycles. The largest absolute Gasteiger partial charge is 0.481 e. The van der Waals surface area contributed by atoms with Gasteiger partial charge in [0.05, 0.1) is 17.8 Å². The minimum Gasteiger partial charge on any atom is -0.481 e. The predicted molar refractivity (Wildman–Crippen MR) is 80.6 cm³/mol. The lowest BCUT2D eigenvalue weighted by Crippen LogP contribution is -2.26. The zero-order chi connectivity index (χ0) is 15.2. The van der Waals surface area contributed by atoms with E-state index in [1.54, 1.807) is 18.2 Å². The van der Waals surface area contributed by atoms with E-state index in [1.807, 2.05) is 23.1 Å². The Balaban J connectivity index is 2.21. The summed E-state index contributed by atoms with van der Waals surface area (Å²) in [5.74, 6) is -1.16. The number of anilines is 2. The van der Waals surface area contributed by atoms with E-state index in [0.29, 0.717) is 18.8 Å². The summed E-state index contributed by atoms with van der Waals surface area (Å²) in [6.45, 7) is 0.808. The average Bonchev–Trinajstić information content (AvgIpc) is 2.46. The lowest BCUT2D eigenvalue weighted by molar-refractivity contribution is -0.136. The first-order valence-electron chi connectivity index (χ1n) is 6.62. The van der Waals surface area contributed by atoms with Crippen molar-refractivity contribution >= 4 is 17.3 Å². The van der Waals surface area contributed by atoms with E-state index in [1.165, 1.54) is 12.1 Å². The molecular formula is C16H17FN2O2. The Morgan fingerprint density at radius 1 is 1.14 bits per heavy atom. The maximum absolute atomic E-state index is 13.0. The van der Waals surface area contributed by atoms with Gasteiger partial charge in [-0.05, 0) is 29.8 Å². The molecule has 0 bridgehead atoms. The second-order valence-electron chi connectivity index (χ2n) is 4.75. The number of nitrogens with two attached hydrogens (primary N) is 1. The van der Waals surface area contributed by atoms with Gasteiger partial charge in [0.1, 0.15) is 5.82 Å². The maximum Gasteiger partial charge on any atom is 0.305 e. The summed E-state index contributed by atoms with van der Waals surface area (Å²) >= 11 is 0. The molecule has 4 nitrogen and oxygen atoms in total. The third kappa shape index (κ3) is 4.21. The van der Waals surface area contributed by atoms with E-state index in [0.717, 1.165) is 11.3 Å². The van der Waals surface area contributed by atoms with Crippen LogP contribution in [0.3, 0.4) is 0 Å². The topological polar surface area (TPSA) is 66.6 Å². The normalized spacial score (nSPS) is 10.3. The summed E-state index contributed by atoms with van der Waals surface area (Å²) in [5.41, 5.74) is 8.22. The number of nitrogens with zero attached hydrogens (tertiary/aromatic N) is 1. The second kappa shape index (κ2) is 6.74. The van der Waals surface area contributed by atoms with Gasteiger partial charge in [-0.1, -0.05) is 24.3 Å². The van der Waals surface area contributed by atoms with E-state index < -0.39 is 5.97 Å². The van der Waals surface area contributed by atoms with Crippen LogP contribution in [0.1, 0.15) is 12.0 Å². The van der Waals surface area contributed by atoms with Crippen molar-refractivity contribution in [3.8, 4) is 0 Å². The van der Waals surface area contributed by atoms with E-state index in [2.05, 4.69) is 0 Å². The van der Waals surface area contributed by atoms with E-state index in [-0.39, 0.29) is 12.2 Å². The number of para-hydroxylation sites is 2. The van der Waals surface area contributed by atoms with E-state index >= 15 is 0 Å². The van der Waals surface area contributed by atoms with Gasteiger partial charge < -0.3 is 15.7 Å². The number of nitrogen functional groups attached to an aromatic ring is 1. The van der Waals surface area contributed by atoms with Crippen molar-refractivity contribution in [2.45, 2.75) is 13.0 Å². The third-order valence-electron chi connectivity index (χ3n) is 3.16. The molecule has 3 N–H and O–H groups in total. The number of rotatable bonds is 6. The first-order valence-corrected chi connectivity index (χ1v) is 6.62.